The van der Waals surface area contributed by atoms with E-state index in [2.05, 4.69) is 13.8 Å². The van der Waals surface area contributed by atoms with Gasteiger partial charge in [0.15, 0.2) is 5.78 Å². The van der Waals surface area contributed by atoms with Crippen molar-refractivity contribution < 1.29 is 4.79 Å². The first kappa shape index (κ1) is 15.7. The molecule has 0 saturated heterocycles. The van der Waals surface area contributed by atoms with E-state index in [0.29, 0.717) is 0 Å². The van der Waals surface area contributed by atoms with E-state index >= 15 is 0 Å². The van der Waals surface area contributed by atoms with E-state index in [1.54, 1.807) is 6.08 Å². The van der Waals surface area contributed by atoms with Crippen LogP contribution in [0.25, 0.3) is 0 Å². The van der Waals surface area contributed by atoms with Gasteiger partial charge in [-0.3, -0.25) is 4.79 Å². The van der Waals surface area contributed by atoms with Gasteiger partial charge in [-0.1, -0.05) is 74.9 Å². The lowest BCUT2D eigenvalue weighted by Crippen LogP contribution is -1.95. The Morgan fingerprint density at radius 1 is 1.00 bits per heavy atom. The SMILES string of the molecule is CCCCCCCCC(C)=CC(=O)c1ccccc1. The molecule has 0 bridgehead atoms. The summed E-state index contributed by atoms with van der Waals surface area (Å²) in [6.45, 7) is 4.30. The first-order valence-electron chi connectivity index (χ1n) is 7.50. The summed E-state index contributed by atoms with van der Waals surface area (Å²) in [5, 5.41) is 0. The molecule has 0 unspecified atom stereocenters. The van der Waals surface area contributed by atoms with E-state index in [1.807, 2.05) is 30.3 Å². The van der Waals surface area contributed by atoms with Crippen molar-refractivity contribution in [3.05, 3.63) is 47.5 Å². The smallest absolute Gasteiger partial charge is 0.185 e. The van der Waals surface area contributed by atoms with Crippen LogP contribution in [-0.2, 0) is 0 Å². The number of carbonyl (C=O) groups is 1. The fourth-order valence-corrected chi connectivity index (χ4v) is 2.17. The van der Waals surface area contributed by atoms with Crippen LogP contribution in [0.4, 0.5) is 0 Å². The molecule has 1 aromatic carbocycles. The first-order chi connectivity index (χ1) is 9.24. The third kappa shape index (κ3) is 6.95. The summed E-state index contributed by atoms with van der Waals surface area (Å²) in [5.74, 6) is 0.129. The van der Waals surface area contributed by atoms with Gasteiger partial charge in [0.1, 0.15) is 0 Å². The van der Waals surface area contributed by atoms with Crippen LogP contribution in [0.1, 0.15) is 69.2 Å². The summed E-state index contributed by atoms with van der Waals surface area (Å²) in [4.78, 5) is 12.0. The molecule has 0 aliphatic carbocycles. The fraction of sp³-hybridized carbons (Fsp3) is 0.500. The Morgan fingerprint density at radius 3 is 2.32 bits per heavy atom. The van der Waals surface area contributed by atoms with E-state index in [1.165, 1.54) is 44.1 Å². The number of hydrogen-bond donors (Lipinski definition) is 0. The van der Waals surface area contributed by atoms with Crippen LogP contribution in [0.15, 0.2) is 42.0 Å². The average Bonchev–Trinajstić information content (AvgIpc) is 2.43. The van der Waals surface area contributed by atoms with Gasteiger partial charge in [0, 0.05) is 5.56 Å². The zero-order valence-electron chi connectivity index (χ0n) is 12.3. The van der Waals surface area contributed by atoms with Crippen molar-refractivity contribution in [1.82, 2.24) is 0 Å². The van der Waals surface area contributed by atoms with E-state index < -0.39 is 0 Å². The molecule has 0 saturated carbocycles. The molecular weight excluding hydrogens is 232 g/mol. The average molecular weight is 258 g/mol. The minimum atomic E-state index is 0.129. The van der Waals surface area contributed by atoms with E-state index in [9.17, 15) is 4.79 Å². The molecule has 0 heterocycles. The highest BCUT2D eigenvalue weighted by Gasteiger charge is 2.01. The molecule has 0 aliphatic rings. The van der Waals surface area contributed by atoms with Crippen LogP contribution in [0.3, 0.4) is 0 Å². The highest BCUT2D eigenvalue weighted by molar-refractivity contribution is 6.04. The largest absolute Gasteiger partial charge is 0.289 e. The third-order valence-electron chi connectivity index (χ3n) is 3.36. The van der Waals surface area contributed by atoms with Crippen molar-refractivity contribution in [2.24, 2.45) is 0 Å². The molecule has 0 aromatic heterocycles. The molecule has 0 atom stereocenters. The minimum Gasteiger partial charge on any atom is -0.289 e. The van der Waals surface area contributed by atoms with Crippen molar-refractivity contribution in [2.45, 2.75) is 58.8 Å². The summed E-state index contributed by atoms with van der Waals surface area (Å²) in [7, 11) is 0. The van der Waals surface area contributed by atoms with Crippen molar-refractivity contribution >= 4 is 5.78 Å². The lowest BCUT2D eigenvalue weighted by molar-refractivity contribution is 0.104. The molecule has 1 aromatic rings. The molecule has 104 valence electrons. The van der Waals surface area contributed by atoms with Crippen LogP contribution in [0, 0.1) is 0 Å². The lowest BCUT2D eigenvalue weighted by atomic mass is 10.0. The number of rotatable bonds is 9. The summed E-state index contributed by atoms with van der Waals surface area (Å²) in [6.07, 6.45) is 10.6. The Balaban J connectivity index is 2.27. The third-order valence-corrected chi connectivity index (χ3v) is 3.36. The number of allylic oxidation sites excluding steroid dienone is 2. The summed E-state index contributed by atoms with van der Waals surface area (Å²) < 4.78 is 0. The quantitative estimate of drug-likeness (QED) is 0.321. The molecule has 1 nitrogen and oxygen atoms in total. The number of benzene rings is 1. The molecule has 19 heavy (non-hydrogen) atoms. The standard InChI is InChI=1S/C18H26O/c1-3-4-5-6-7-9-12-16(2)15-18(19)17-13-10-8-11-14-17/h8,10-11,13-15H,3-7,9,12H2,1-2H3. The monoisotopic (exact) mass is 258 g/mol. The second-order valence-electron chi connectivity index (χ2n) is 5.24. The highest BCUT2D eigenvalue weighted by atomic mass is 16.1. The second kappa shape index (κ2) is 9.55. The molecule has 1 rings (SSSR count). The predicted molar refractivity (Wildman–Crippen MR) is 82.5 cm³/mol. The Hall–Kier alpha value is -1.37. The topological polar surface area (TPSA) is 17.1 Å². The molecular formula is C18H26O. The molecule has 1 heteroatoms. The molecule has 0 amide bonds. The number of ketones is 1. The van der Waals surface area contributed by atoms with E-state index in [4.69, 9.17) is 0 Å². The van der Waals surface area contributed by atoms with Gasteiger partial charge >= 0.3 is 0 Å². The Kier molecular flexibility index (Phi) is 7.88. The Morgan fingerprint density at radius 2 is 1.63 bits per heavy atom. The summed E-state index contributed by atoms with van der Waals surface area (Å²) in [5.41, 5.74) is 1.98. The van der Waals surface area contributed by atoms with Crippen LogP contribution in [-0.4, -0.2) is 5.78 Å². The van der Waals surface area contributed by atoms with Gasteiger partial charge in [-0.15, -0.1) is 0 Å². The maximum Gasteiger partial charge on any atom is 0.185 e. The zero-order chi connectivity index (χ0) is 13.9. The number of unbranched alkanes of at least 4 members (excludes halogenated alkanes) is 5. The van der Waals surface area contributed by atoms with E-state index in [0.717, 1.165) is 12.0 Å². The van der Waals surface area contributed by atoms with Crippen molar-refractivity contribution in [3.8, 4) is 0 Å². The maximum absolute atomic E-state index is 12.0. The van der Waals surface area contributed by atoms with Crippen LogP contribution in [0.5, 0.6) is 0 Å². The number of hydrogen-bond acceptors (Lipinski definition) is 1. The molecule has 0 radical (unpaired) electrons. The molecule has 0 spiro atoms. The molecule has 0 N–H and O–H groups in total. The van der Waals surface area contributed by atoms with Gasteiger partial charge in [-0.05, 0) is 25.8 Å². The van der Waals surface area contributed by atoms with Gasteiger partial charge in [-0.25, -0.2) is 0 Å². The summed E-state index contributed by atoms with van der Waals surface area (Å²) in [6, 6.07) is 9.49. The van der Waals surface area contributed by atoms with Crippen molar-refractivity contribution in [1.29, 1.82) is 0 Å². The van der Waals surface area contributed by atoms with Gasteiger partial charge in [0.05, 0.1) is 0 Å². The second-order valence-corrected chi connectivity index (χ2v) is 5.24. The van der Waals surface area contributed by atoms with Crippen molar-refractivity contribution in [2.75, 3.05) is 0 Å². The minimum absolute atomic E-state index is 0.129. The van der Waals surface area contributed by atoms with E-state index in [-0.39, 0.29) is 5.78 Å². The fourth-order valence-electron chi connectivity index (χ4n) is 2.17. The van der Waals surface area contributed by atoms with Crippen molar-refractivity contribution in [3.63, 3.8) is 0 Å². The molecule has 0 fully saturated rings. The Labute approximate surface area is 117 Å². The normalized spacial score (nSPS) is 11.6. The summed E-state index contributed by atoms with van der Waals surface area (Å²) >= 11 is 0. The zero-order valence-corrected chi connectivity index (χ0v) is 12.3. The maximum atomic E-state index is 12.0. The van der Waals surface area contributed by atoms with Gasteiger partial charge in [-0.2, -0.15) is 0 Å². The van der Waals surface area contributed by atoms with Gasteiger partial charge < -0.3 is 0 Å². The predicted octanol–water partition coefficient (Wildman–Crippen LogP) is 5.57. The highest BCUT2D eigenvalue weighted by Crippen LogP contribution is 2.12. The molecule has 0 aliphatic heterocycles. The van der Waals surface area contributed by atoms with Gasteiger partial charge in [0.2, 0.25) is 0 Å². The first-order valence-corrected chi connectivity index (χ1v) is 7.50. The number of carbonyl (C=O) groups excluding carboxylic acids is 1. The Bertz CT molecular complexity index is 389. The van der Waals surface area contributed by atoms with Crippen LogP contribution < -0.4 is 0 Å². The van der Waals surface area contributed by atoms with Gasteiger partial charge in [0.25, 0.3) is 0 Å². The lowest BCUT2D eigenvalue weighted by Gasteiger charge is -2.02. The van der Waals surface area contributed by atoms with Crippen LogP contribution in [0.2, 0.25) is 0 Å². The van der Waals surface area contributed by atoms with Crippen LogP contribution >= 0.6 is 0 Å².